The number of nitrogens with two attached hydrogens (primary N) is 1. The third-order valence-electron chi connectivity index (χ3n) is 2.18. The zero-order valence-electron chi connectivity index (χ0n) is 7.87. The van der Waals surface area contributed by atoms with E-state index in [-0.39, 0.29) is 5.82 Å². The fourth-order valence-electron chi connectivity index (χ4n) is 1.41. The third kappa shape index (κ3) is 1.95. The Balaban J connectivity index is 2.55. The molecule has 2 rings (SSSR count). The van der Waals surface area contributed by atoms with Gasteiger partial charge >= 0.3 is 0 Å². The molecule has 1 nitrogen and oxygen atoms in total. The minimum atomic E-state index is -0.265. The maximum atomic E-state index is 13.4. The second-order valence-electron chi connectivity index (χ2n) is 3.22. The summed E-state index contributed by atoms with van der Waals surface area (Å²) in [5.74, 6) is -0.265. The first-order valence-electron chi connectivity index (χ1n) is 4.48. The van der Waals surface area contributed by atoms with Crippen molar-refractivity contribution in [1.82, 2.24) is 0 Å². The molecule has 0 unspecified atom stereocenters. The summed E-state index contributed by atoms with van der Waals surface area (Å²) >= 11 is 5.79. The van der Waals surface area contributed by atoms with Gasteiger partial charge in [0.15, 0.2) is 0 Å². The first kappa shape index (κ1) is 9.99. The van der Waals surface area contributed by atoms with Crippen LogP contribution in [-0.2, 0) is 0 Å². The molecule has 0 atom stereocenters. The molecule has 2 aromatic carbocycles. The molecule has 15 heavy (non-hydrogen) atoms. The number of hydrogen-bond acceptors (Lipinski definition) is 1. The van der Waals surface area contributed by atoms with Gasteiger partial charge in [-0.05, 0) is 23.8 Å². The van der Waals surface area contributed by atoms with Crippen LogP contribution in [-0.4, -0.2) is 0 Å². The molecule has 0 amide bonds. The van der Waals surface area contributed by atoms with Crippen LogP contribution in [0.3, 0.4) is 0 Å². The van der Waals surface area contributed by atoms with Crippen molar-refractivity contribution >= 4 is 17.3 Å². The monoisotopic (exact) mass is 221 g/mol. The van der Waals surface area contributed by atoms with Gasteiger partial charge in [0.25, 0.3) is 0 Å². The molecule has 0 radical (unpaired) electrons. The van der Waals surface area contributed by atoms with Crippen molar-refractivity contribution in [2.45, 2.75) is 0 Å². The quantitative estimate of drug-likeness (QED) is 0.730. The second kappa shape index (κ2) is 3.91. The van der Waals surface area contributed by atoms with Crippen molar-refractivity contribution in [3.63, 3.8) is 0 Å². The topological polar surface area (TPSA) is 26.0 Å². The van der Waals surface area contributed by atoms with Crippen LogP contribution in [0.1, 0.15) is 0 Å². The Labute approximate surface area is 92.3 Å². The Hall–Kier alpha value is -1.54. The molecule has 3 heteroatoms. The summed E-state index contributed by atoms with van der Waals surface area (Å²) < 4.78 is 13.4. The molecule has 0 aliphatic rings. The van der Waals surface area contributed by atoms with Crippen molar-refractivity contribution in [3.05, 3.63) is 53.3 Å². The van der Waals surface area contributed by atoms with E-state index < -0.39 is 0 Å². The first-order valence-corrected chi connectivity index (χ1v) is 4.86. The fraction of sp³-hybridized carbons (Fsp3) is 0. The highest BCUT2D eigenvalue weighted by molar-refractivity contribution is 6.33. The van der Waals surface area contributed by atoms with E-state index in [2.05, 4.69) is 0 Å². The lowest BCUT2D eigenvalue weighted by molar-refractivity contribution is 0.631. The van der Waals surface area contributed by atoms with Crippen molar-refractivity contribution in [2.75, 3.05) is 5.73 Å². The highest BCUT2D eigenvalue weighted by Crippen LogP contribution is 2.28. The Morgan fingerprint density at radius 2 is 1.80 bits per heavy atom. The van der Waals surface area contributed by atoms with Crippen LogP contribution in [0.2, 0.25) is 5.02 Å². The summed E-state index contributed by atoms with van der Waals surface area (Å²) in [5.41, 5.74) is 7.37. The number of nitrogen functional groups attached to an aromatic ring is 1. The van der Waals surface area contributed by atoms with E-state index in [0.29, 0.717) is 16.3 Å². The van der Waals surface area contributed by atoms with Crippen molar-refractivity contribution < 1.29 is 4.39 Å². The maximum Gasteiger partial charge on any atom is 0.131 e. The smallest absolute Gasteiger partial charge is 0.131 e. The van der Waals surface area contributed by atoms with E-state index in [4.69, 9.17) is 17.3 Å². The van der Waals surface area contributed by atoms with Crippen LogP contribution in [0.25, 0.3) is 11.1 Å². The van der Waals surface area contributed by atoms with Gasteiger partial charge in [-0.3, -0.25) is 0 Å². The van der Waals surface area contributed by atoms with Crippen LogP contribution in [0, 0.1) is 5.82 Å². The minimum absolute atomic E-state index is 0.265. The summed E-state index contributed by atoms with van der Waals surface area (Å²) in [6, 6.07) is 11.6. The van der Waals surface area contributed by atoms with Gasteiger partial charge in [-0.25, -0.2) is 4.39 Å². The molecule has 0 saturated carbocycles. The van der Waals surface area contributed by atoms with Gasteiger partial charge in [-0.1, -0.05) is 35.9 Å². The third-order valence-corrected chi connectivity index (χ3v) is 2.53. The summed E-state index contributed by atoms with van der Waals surface area (Å²) in [4.78, 5) is 0. The minimum Gasteiger partial charge on any atom is -0.398 e. The normalized spacial score (nSPS) is 10.3. The predicted octanol–water partition coefficient (Wildman–Crippen LogP) is 3.73. The van der Waals surface area contributed by atoms with Crippen LogP contribution < -0.4 is 5.73 Å². The lowest BCUT2D eigenvalue weighted by Crippen LogP contribution is -1.89. The van der Waals surface area contributed by atoms with Gasteiger partial charge in [-0.2, -0.15) is 0 Å². The first-order chi connectivity index (χ1) is 7.18. The van der Waals surface area contributed by atoms with Gasteiger partial charge in [0.2, 0.25) is 0 Å². The Morgan fingerprint density at radius 3 is 2.47 bits per heavy atom. The summed E-state index contributed by atoms with van der Waals surface area (Å²) in [5, 5.41) is 0.482. The van der Waals surface area contributed by atoms with E-state index in [9.17, 15) is 4.39 Å². The molecule has 0 aliphatic carbocycles. The Morgan fingerprint density at radius 1 is 1.07 bits per heavy atom. The van der Waals surface area contributed by atoms with E-state index in [1.54, 1.807) is 36.4 Å². The molecule has 0 bridgehead atoms. The molecular formula is C12H9ClFN. The summed E-state index contributed by atoms with van der Waals surface area (Å²) in [7, 11) is 0. The molecule has 0 spiro atoms. The molecule has 0 heterocycles. The van der Waals surface area contributed by atoms with Gasteiger partial charge in [0.05, 0.1) is 10.7 Å². The van der Waals surface area contributed by atoms with Crippen molar-refractivity contribution in [3.8, 4) is 11.1 Å². The largest absolute Gasteiger partial charge is 0.398 e. The van der Waals surface area contributed by atoms with Gasteiger partial charge in [-0.15, -0.1) is 0 Å². The Bertz CT molecular complexity index is 497. The molecule has 2 aromatic rings. The van der Waals surface area contributed by atoms with Gasteiger partial charge < -0.3 is 5.73 Å². The molecular weight excluding hydrogens is 213 g/mol. The molecule has 0 fully saturated rings. The number of benzene rings is 2. The van der Waals surface area contributed by atoms with Gasteiger partial charge in [0.1, 0.15) is 5.82 Å². The van der Waals surface area contributed by atoms with Crippen LogP contribution in [0.4, 0.5) is 10.1 Å². The standard InChI is InChI=1S/C12H9ClFN/c13-10-6-5-8(7-12(10)15)9-3-1-2-4-11(9)14/h1-7H,15H2. The van der Waals surface area contributed by atoms with E-state index >= 15 is 0 Å². The Kier molecular flexibility index (Phi) is 2.60. The lowest BCUT2D eigenvalue weighted by Gasteiger charge is -2.05. The molecule has 2 N–H and O–H groups in total. The van der Waals surface area contributed by atoms with Crippen LogP contribution in [0.15, 0.2) is 42.5 Å². The number of halogens is 2. The molecule has 0 aromatic heterocycles. The zero-order valence-corrected chi connectivity index (χ0v) is 8.63. The SMILES string of the molecule is Nc1cc(-c2ccccc2F)ccc1Cl. The van der Waals surface area contributed by atoms with E-state index in [1.807, 2.05) is 0 Å². The van der Waals surface area contributed by atoms with Crippen LogP contribution >= 0.6 is 11.6 Å². The van der Waals surface area contributed by atoms with Gasteiger partial charge in [0, 0.05) is 5.56 Å². The predicted molar refractivity (Wildman–Crippen MR) is 61.3 cm³/mol. The van der Waals surface area contributed by atoms with Crippen molar-refractivity contribution in [2.24, 2.45) is 0 Å². The van der Waals surface area contributed by atoms with E-state index in [0.717, 1.165) is 5.56 Å². The average molecular weight is 222 g/mol. The highest BCUT2D eigenvalue weighted by atomic mass is 35.5. The molecule has 0 aliphatic heterocycles. The molecule has 0 saturated heterocycles. The fourth-order valence-corrected chi connectivity index (χ4v) is 1.52. The summed E-state index contributed by atoms with van der Waals surface area (Å²) in [6.07, 6.45) is 0. The number of hydrogen-bond donors (Lipinski definition) is 1. The number of rotatable bonds is 1. The number of anilines is 1. The van der Waals surface area contributed by atoms with E-state index in [1.165, 1.54) is 6.07 Å². The van der Waals surface area contributed by atoms with Crippen molar-refractivity contribution in [1.29, 1.82) is 0 Å². The maximum absolute atomic E-state index is 13.4. The zero-order chi connectivity index (χ0) is 10.8. The average Bonchev–Trinajstić information content (AvgIpc) is 2.23. The lowest BCUT2D eigenvalue weighted by atomic mass is 10.0. The highest BCUT2D eigenvalue weighted by Gasteiger charge is 2.05. The summed E-state index contributed by atoms with van der Waals surface area (Å²) in [6.45, 7) is 0. The molecule has 76 valence electrons. The van der Waals surface area contributed by atoms with Crippen LogP contribution in [0.5, 0.6) is 0 Å². The second-order valence-corrected chi connectivity index (χ2v) is 3.62.